The third kappa shape index (κ3) is 0.798. The molecule has 0 bridgehead atoms. The van der Waals surface area contributed by atoms with Crippen LogP contribution in [0.5, 0.6) is 5.75 Å². The van der Waals surface area contributed by atoms with Crippen LogP contribution >= 0.6 is 0 Å². The molecule has 0 spiro atoms. The fourth-order valence-corrected chi connectivity index (χ4v) is 1.00. The van der Waals surface area contributed by atoms with Gasteiger partial charge in [-0.15, -0.1) is 0 Å². The topological polar surface area (TPSA) is 9.23 Å². The fourth-order valence-electron chi connectivity index (χ4n) is 1.00. The second-order valence-electron chi connectivity index (χ2n) is 2.18. The second kappa shape index (κ2) is 2.18. The molecule has 0 aromatic heterocycles. The maximum atomic E-state index is 7.33. The lowest BCUT2D eigenvalue weighted by molar-refractivity contribution is 0.358. The Balaban J connectivity index is 2.53. The molecule has 0 radical (unpaired) electrons. The third-order valence-electron chi connectivity index (χ3n) is 1.49. The SMILES string of the molecule is [2H]c1ccc2c(c1)OCC=C2. The van der Waals surface area contributed by atoms with Gasteiger partial charge in [-0.25, -0.2) is 0 Å². The molecule has 1 heterocycles. The molecule has 1 aromatic rings. The molecule has 50 valence electrons. The van der Waals surface area contributed by atoms with E-state index in [2.05, 4.69) is 0 Å². The highest BCUT2D eigenvalue weighted by atomic mass is 16.5. The maximum Gasteiger partial charge on any atom is 0.126 e. The van der Waals surface area contributed by atoms with Crippen LogP contribution in [0.25, 0.3) is 6.08 Å². The summed E-state index contributed by atoms with van der Waals surface area (Å²) in [6, 6.07) is 5.89. The molecule has 0 aliphatic carbocycles. The van der Waals surface area contributed by atoms with Crippen molar-refractivity contribution < 1.29 is 6.11 Å². The third-order valence-corrected chi connectivity index (χ3v) is 1.49. The van der Waals surface area contributed by atoms with Crippen molar-refractivity contribution in [2.75, 3.05) is 6.61 Å². The summed E-state index contributed by atoms with van der Waals surface area (Å²) < 4.78 is 12.6. The fraction of sp³-hybridized carbons (Fsp3) is 0.111. The quantitative estimate of drug-likeness (QED) is 0.526. The number of hydrogen-bond acceptors (Lipinski definition) is 1. The first-order valence-corrected chi connectivity index (χ1v) is 3.26. The van der Waals surface area contributed by atoms with E-state index in [-0.39, 0.29) is 0 Å². The smallest absolute Gasteiger partial charge is 0.126 e. The Bertz CT molecular complexity index is 304. The number of fused-ring (bicyclic) bond motifs is 1. The van der Waals surface area contributed by atoms with Gasteiger partial charge in [0.25, 0.3) is 0 Å². The van der Waals surface area contributed by atoms with E-state index in [4.69, 9.17) is 6.11 Å². The molecule has 0 amide bonds. The minimum absolute atomic E-state index is 0.499. The van der Waals surface area contributed by atoms with Crippen molar-refractivity contribution in [1.82, 2.24) is 0 Å². The normalized spacial score (nSPS) is 15.4. The summed E-state index contributed by atoms with van der Waals surface area (Å²) in [6.45, 7) is 0.621. The lowest BCUT2D eigenvalue weighted by Gasteiger charge is -2.10. The summed E-state index contributed by atoms with van der Waals surface area (Å²) in [6.07, 6.45) is 3.98. The molecule has 10 heavy (non-hydrogen) atoms. The zero-order valence-corrected chi connectivity index (χ0v) is 5.50. The molecule has 1 aromatic carbocycles. The first kappa shape index (κ1) is 4.56. The van der Waals surface area contributed by atoms with E-state index in [0.29, 0.717) is 12.6 Å². The Hall–Kier alpha value is -1.24. The number of ether oxygens (including phenoxy) is 1. The van der Waals surface area contributed by atoms with Gasteiger partial charge in [0, 0.05) is 5.56 Å². The van der Waals surface area contributed by atoms with E-state index < -0.39 is 0 Å². The van der Waals surface area contributed by atoms with Gasteiger partial charge in [0.15, 0.2) is 0 Å². The minimum Gasteiger partial charge on any atom is -0.489 e. The highest BCUT2D eigenvalue weighted by Gasteiger charge is 2.01. The number of rotatable bonds is 0. The molecular weight excluding hydrogens is 124 g/mol. The van der Waals surface area contributed by atoms with Crippen LogP contribution in [0.15, 0.2) is 30.3 Å². The Morgan fingerprint density at radius 1 is 1.50 bits per heavy atom. The first-order chi connectivity index (χ1) is 5.36. The van der Waals surface area contributed by atoms with Crippen LogP contribution in [0.3, 0.4) is 0 Å². The van der Waals surface area contributed by atoms with E-state index in [0.717, 1.165) is 11.3 Å². The van der Waals surface area contributed by atoms with E-state index in [1.807, 2.05) is 18.2 Å². The van der Waals surface area contributed by atoms with Crippen molar-refractivity contribution in [1.29, 1.82) is 0 Å². The lowest BCUT2D eigenvalue weighted by atomic mass is 10.1. The molecule has 0 saturated carbocycles. The van der Waals surface area contributed by atoms with Gasteiger partial charge in [-0.2, -0.15) is 0 Å². The van der Waals surface area contributed by atoms with Crippen molar-refractivity contribution >= 4 is 6.08 Å². The van der Waals surface area contributed by atoms with Gasteiger partial charge in [-0.3, -0.25) is 0 Å². The molecule has 2 rings (SSSR count). The molecule has 1 nitrogen and oxygen atoms in total. The van der Waals surface area contributed by atoms with Crippen molar-refractivity contribution in [3.8, 4) is 5.75 Å². The van der Waals surface area contributed by atoms with Crippen LogP contribution in [0.1, 0.15) is 6.93 Å². The van der Waals surface area contributed by atoms with E-state index in [1.165, 1.54) is 0 Å². The predicted octanol–water partition coefficient (Wildman–Crippen LogP) is 2.09. The summed E-state index contributed by atoms with van der Waals surface area (Å²) in [4.78, 5) is 0. The van der Waals surface area contributed by atoms with Crippen molar-refractivity contribution in [3.63, 3.8) is 0 Å². The molecule has 0 saturated heterocycles. The molecule has 1 aliphatic rings. The predicted molar refractivity (Wildman–Crippen MR) is 41.0 cm³/mol. The molecule has 0 atom stereocenters. The Morgan fingerprint density at radius 2 is 2.50 bits per heavy atom. The number of hydrogen-bond donors (Lipinski definition) is 0. The minimum atomic E-state index is 0.499. The standard InChI is InChI=1S/C9H8O/c1-2-6-9-8(4-1)5-3-7-10-9/h1-6H,7H2/i2D. The van der Waals surface area contributed by atoms with Crippen LogP contribution in [-0.2, 0) is 0 Å². The lowest BCUT2D eigenvalue weighted by Crippen LogP contribution is -1.98. The largest absolute Gasteiger partial charge is 0.489 e. The highest BCUT2D eigenvalue weighted by Crippen LogP contribution is 2.21. The van der Waals surface area contributed by atoms with Gasteiger partial charge >= 0.3 is 0 Å². The van der Waals surface area contributed by atoms with Gasteiger partial charge in [0.05, 0.1) is 1.37 Å². The number of benzene rings is 1. The zero-order valence-electron chi connectivity index (χ0n) is 6.50. The van der Waals surface area contributed by atoms with Crippen LogP contribution in [0, 0.1) is 0 Å². The summed E-state index contributed by atoms with van der Waals surface area (Å²) >= 11 is 0. The van der Waals surface area contributed by atoms with E-state index in [9.17, 15) is 0 Å². The van der Waals surface area contributed by atoms with Crippen LogP contribution in [0.4, 0.5) is 0 Å². The van der Waals surface area contributed by atoms with Crippen LogP contribution < -0.4 is 4.74 Å². The molecule has 0 fully saturated rings. The summed E-state index contributed by atoms with van der Waals surface area (Å²) in [5.74, 6) is 0.819. The van der Waals surface area contributed by atoms with E-state index >= 15 is 0 Å². The first-order valence-electron chi connectivity index (χ1n) is 3.76. The Kier molecular flexibility index (Phi) is 0.992. The molecule has 1 heteroatoms. The summed E-state index contributed by atoms with van der Waals surface area (Å²) in [7, 11) is 0. The van der Waals surface area contributed by atoms with E-state index in [1.54, 1.807) is 12.1 Å². The second-order valence-corrected chi connectivity index (χ2v) is 2.18. The zero-order chi connectivity index (χ0) is 7.68. The average molecular weight is 133 g/mol. The Morgan fingerprint density at radius 3 is 3.50 bits per heavy atom. The molecular formula is C9H8O. The van der Waals surface area contributed by atoms with Crippen molar-refractivity contribution in [2.45, 2.75) is 0 Å². The summed E-state index contributed by atoms with van der Waals surface area (Å²) in [5.41, 5.74) is 1.06. The number of para-hydroxylation sites is 1. The van der Waals surface area contributed by atoms with Crippen molar-refractivity contribution in [3.05, 3.63) is 35.9 Å². The average Bonchev–Trinajstić information content (AvgIpc) is 2.04. The van der Waals surface area contributed by atoms with Gasteiger partial charge < -0.3 is 4.74 Å². The van der Waals surface area contributed by atoms with Gasteiger partial charge in [-0.05, 0) is 12.1 Å². The molecule has 0 N–H and O–H groups in total. The van der Waals surface area contributed by atoms with Crippen LogP contribution in [-0.4, -0.2) is 6.61 Å². The summed E-state index contributed by atoms with van der Waals surface area (Å²) in [5, 5.41) is 0. The Labute approximate surface area is 61.3 Å². The highest BCUT2D eigenvalue weighted by molar-refractivity contribution is 5.58. The molecule has 1 aliphatic heterocycles. The monoisotopic (exact) mass is 133 g/mol. The molecule has 0 unspecified atom stereocenters. The van der Waals surface area contributed by atoms with Gasteiger partial charge in [0.1, 0.15) is 12.4 Å². The maximum absolute atomic E-state index is 7.33. The van der Waals surface area contributed by atoms with Crippen molar-refractivity contribution in [2.24, 2.45) is 0 Å². The van der Waals surface area contributed by atoms with Crippen LogP contribution in [0.2, 0.25) is 0 Å². The van der Waals surface area contributed by atoms with Gasteiger partial charge in [0.2, 0.25) is 0 Å². The van der Waals surface area contributed by atoms with Gasteiger partial charge in [-0.1, -0.05) is 24.3 Å².